The highest BCUT2D eigenvalue weighted by Crippen LogP contribution is 2.44. The fourth-order valence-electron chi connectivity index (χ4n) is 4.29. The highest BCUT2D eigenvalue weighted by molar-refractivity contribution is 6.11. The van der Waals surface area contributed by atoms with E-state index in [4.69, 9.17) is 26.8 Å². The second-order valence-electron chi connectivity index (χ2n) is 7.79. The van der Waals surface area contributed by atoms with Gasteiger partial charge in [-0.15, -0.1) is 0 Å². The molecule has 1 saturated heterocycles. The molecule has 3 atom stereocenters. The van der Waals surface area contributed by atoms with Gasteiger partial charge in [0.1, 0.15) is 31.1 Å². The minimum absolute atomic E-state index is 0.172. The van der Waals surface area contributed by atoms with Crippen LogP contribution in [0.5, 0.6) is 11.5 Å². The highest BCUT2D eigenvalue weighted by Gasteiger charge is 2.44. The lowest BCUT2D eigenvalue weighted by Crippen LogP contribution is -2.40. The maximum Gasteiger partial charge on any atom is 0.144 e. The van der Waals surface area contributed by atoms with Crippen LogP contribution < -0.4 is 9.47 Å². The van der Waals surface area contributed by atoms with E-state index in [1.807, 2.05) is 78.9 Å². The summed E-state index contributed by atoms with van der Waals surface area (Å²) >= 11 is 0. The van der Waals surface area contributed by atoms with Crippen LogP contribution in [0.3, 0.4) is 0 Å². The number of aliphatic hydroxyl groups excluding tert-OH is 1. The number of rotatable bonds is 8. The summed E-state index contributed by atoms with van der Waals surface area (Å²) in [4.78, 5) is 0. The Labute approximate surface area is 190 Å². The van der Waals surface area contributed by atoms with Crippen molar-refractivity contribution in [2.45, 2.75) is 30.2 Å². The molecule has 1 fully saturated rings. The Morgan fingerprint density at radius 2 is 1.34 bits per heavy atom. The summed E-state index contributed by atoms with van der Waals surface area (Å²) in [6, 6.07) is 25.2. The molecule has 1 N–H and O–H groups in total. The van der Waals surface area contributed by atoms with Crippen LogP contribution in [0.25, 0.3) is 0 Å². The quantitative estimate of drug-likeness (QED) is 0.437. The lowest BCUT2D eigenvalue weighted by atomic mass is 9.79. The molecule has 0 bridgehead atoms. The number of benzene rings is 3. The van der Waals surface area contributed by atoms with Gasteiger partial charge in [-0.05, 0) is 47.4 Å². The van der Waals surface area contributed by atoms with Crippen LogP contribution in [0.2, 0.25) is 0 Å². The molecule has 3 aromatic rings. The van der Waals surface area contributed by atoms with Crippen LogP contribution in [-0.4, -0.2) is 52.0 Å². The van der Waals surface area contributed by atoms with Crippen molar-refractivity contribution in [2.24, 2.45) is 0 Å². The minimum Gasteiger partial charge on any atom is -0.497 e. The third-order valence-electron chi connectivity index (χ3n) is 5.91. The smallest absolute Gasteiger partial charge is 0.144 e. The van der Waals surface area contributed by atoms with E-state index in [0.717, 1.165) is 28.2 Å². The van der Waals surface area contributed by atoms with E-state index in [-0.39, 0.29) is 6.61 Å². The SMILES string of the molecule is [B]C1CC(OC(c2ccccc2)(c2ccc(OC)cc2)c2ccc(OC)cc2)C(CO)O1. The topological polar surface area (TPSA) is 57.2 Å². The third kappa shape index (κ3) is 4.26. The van der Waals surface area contributed by atoms with E-state index >= 15 is 0 Å². The molecule has 32 heavy (non-hydrogen) atoms. The van der Waals surface area contributed by atoms with Crippen LogP contribution in [0.15, 0.2) is 78.9 Å². The van der Waals surface area contributed by atoms with Gasteiger partial charge < -0.3 is 24.1 Å². The van der Waals surface area contributed by atoms with Gasteiger partial charge in [0.2, 0.25) is 0 Å². The zero-order chi connectivity index (χ0) is 22.6. The molecule has 3 unspecified atom stereocenters. The third-order valence-corrected chi connectivity index (χ3v) is 5.91. The van der Waals surface area contributed by atoms with E-state index in [2.05, 4.69) is 0 Å². The Balaban J connectivity index is 1.92. The monoisotopic (exact) mass is 430 g/mol. The number of ether oxygens (including phenoxy) is 4. The molecule has 2 radical (unpaired) electrons. The summed E-state index contributed by atoms with van der Waals surface area (Å²) in [6.07, 6.45) is -0.435. The normalized spacial score (nSPS) is 20.8. The molecule has 4 rings (SSSR count). The van der Waals surface area contributed by atoms with E-state index in [1.54, 1.807) is 14.2 Å². The lowest BCUT2D eigenvalue weighted by Gasteiger charge is -2.39. The fraction of sp³-hybridized carbons (Fsp3) is 0.308. The zero-order valence-corrected chi connectivity index (χ0v) is 18.3. The Morgan fingerprint density at radius 3 is 1.81 bits per heavy atom. The van der Waals surface area contributed by atoms with Crippen molar-refractivity contribution in [2.75, 3.05) is 20.8 Å². The molecular weight excluding hydrogens is 403 g/mol. The van der Waals surface area contributed by atoms with Crippen molar-refractivity contribution >= 4 is 7.85 Å². The first-order valence-electron chi connectivity index (χ1n) is 10.6. The van der Waals surface area contributed by atoms with Gasteiger partial charge in [0.05, 0.1) is 26.9 Å². The van der Waals surface area contributed by atoms with Gasteiger partial charge in [-0.1, -0.05) is 54.6 Å². The first-order chi connectivity index (χ1) is 15.6. The average molecular weight is 430 g/mol. The molecule has 0 spiro atoms. The van der Waals surface area contributed by atoms with Gasteiger partial charge in [-0.3, -0.25) is 0 Å². The Kier molecular flexibility index (Phi) is 6.84. The number of methoxy groups -OCH3 is 2. The summed E-state index contributed by atoms with van der Waals surface area (Å²) in [5.74, 6) is 1.51. The molecule has 0 aromatic heterocycles. The standard InChI is InChI=1S/C26H27BO5/c1-29-21-12-8-19(9-13-21)26(18-6-4-3-5-7-18,20-10-14-22(30-2)15-11-20)32-23-16-25(27)31-24(23)17-28/h3-15,23-25,28H,16-17H2,1-2H3. The first-order valence-corrected chi connectivity index (χ1v) is 10.6. The second-order valence-corrected chi connectivity index (χ2v) is 7.79. The Bertz CT molecular complexity index is 943. The molecule has 164 valence electrons. The van der Waals surface area contributed by atoms with E-state index in [0.29, 0.717) is 6.42 Å². The molecule has 0 aliphatic carbocycles. The molecule has 5 nitrogen and oxygen atoms in total. The van der Waals surface area contributed by atoms with Crippen molar-refractivity contribution in [3.63, 3.8) is 0 Å². The highest BCUT2D eigenvalue weighted by atomic mass is 16.6. The molecule has 0 amide bonds. The minimum atomic E-state index is -0.967. The van der Waals surface area contributed by atoms with Gasteiger partial charge in [-0.2, -0.15) is 0 Å². The largest absolute Gasteiger partial charge is 0.497 e. The summed E-state index contributed by atoms with van der Waals surface area (Å²) in [5.41, 5.74) is 1.83. The first kappa shape index (κ1) is 22.4. The van der Waals surface area contributed by atoms with Gasteiger partial charge in [-0.25, -0.2) is 0 Å². The van der Waals surface area contributed by atoms with Crippen molar-refractivity contribution in [1.29, 1.82) is 0 Å². The van der Waals surface area contributed by atoms with Gasteiger partial charge >= 0.3 is 0 Å². The van der Waals surface area contributed by atoms with Crippen molar-refractivity contribution in [3.05, 3.63) is 95.6 Å². The van der Waals surface area contributed by atoms with Crippen LogP contribution in [0.1, 0.15) is 23.1 Å². The van der Waals surface area contributed by atoms with Gasteiger partial charge in [0.15, 0.2) is 0 Å². The molecule has 1 aliphatic heterocycles. The summed E-state index contributed by atoms with van der Waals surface area (Å²) < 4.78 is 23.4. The molecule has 0 saturated carbocycles. The van der Waals surface area contributed by atoms with E-state index in [1.165, 1.54) is 0 Å². The average Bonchev–Trinajstić information content (AvgIpc) is 3.22. The van der Waals surface area contributed by atoms with Crippen molar-refractivity contribution < 1.29 is 24.1 Å². The second kappa shape index (κ2) is 9.78. The van der Waals surface area contributed by atoms with Crippen LogP contribution >= 0.6 is 0 Å². The maximum absolute atomic E-state index is 9.91. The fourth-order valence-corrected chi connectivity index (χ4v) is 4.29. The molecular formula is C26H27BO5. The Hall–Kier alpha value is -2.80. The van der Waals surface area contributed by atoms with Crippen LogP contribution in [-0.2, 0) is 15.1 Å². The summed E-state index contributed by atoms with van der Waals surface area (Å²) in [7, 11) is 9.34. The predicted octanol–water partition coefficient (Wildman–Crippen LogP) is 3.66. The van der Waals surface area contributed by atoms with Gasteiger partial charge in [0.25, 0.3) is 0 Å². The molecule has 1 heterocycles. The zero-order valence-electron chi connectivity index (χ0n) is 18.3. The van der Waals surface area contributed by atoms with Gasteiger partial charge in [0, 0.05) is 6.00 Å². The number of aliphatic hydroxyl groups is 1. The number of hydrogen-bond acceptors (Lipinski definition) is 5. The Morgan fingerprint density at radius 1 is 0.844 bits per heavy atom. The number of hydrogen-bond donors (Lipinski definition) is 1. The van der Waals surface area contributed by atoms with Crippen LogP contribution in [0.4, 0.5) is 0 Å². The molecule has 6 heteroatoms. The van der Waals surface area contributed by atoms with E-state index < -0.39 is 23.8 Å². The summed E-state index contributed by atoms with van der Waals surface area (Å²) in [6.45, 7) is -0.172. The maximum atomic E-state index is 9.91. The predicted molar refractivity (Wildman–Crippen MR) is 123 cm³/mol. The molecule has 1 aliphatic rings. The van der Waals surface area contributed by atoms with E-state index in [9.17, 15) is 5.11 Å². The lowest BCUT2D eigenvalue weighted by molar-refractivity contribution is -0.0912. The molecule has 3 aromatic carbocycles. The van der Waals surface area contributed by atoms with Crippen LogP contribution in [0, 0.1) is 0 Å². The van der Waals surface area contributed by atoms with Crippen molar-refractivity contribution in [1.82, 2.24) is 0 Å². The van der Waals surface area contributed by atoms with Crippen molar-refractivity contribution in [3.8, 4) is 11.5 Å². The summed E-state index contributed by atoms with van der Waals surface area (Å²) in [5, 5.41) is 9.91.